The molecule has 0 fully saturated rings. The fraction of sp³-hybridized carbons (Fsp3) is 0.188. The Morgan fingerprint density at radius 1 is 0.913 bits per heavy atom. The minimum absolute atomic E-state index is 0.246. The van der Waals surface area contributed by atoms with Crippen molar-refractivity contribution in [2.24, 2.45) is 5.73 Å². The molecular weight excluding hydrogens is 318 g/mol. The first-order valence-electron chi connectivity index (χ1n) is 6.82. The Balaban J connectivity index is 1.80. The zero-order chi connectivity index (χ0) is 16.9. The van der Waals surface area contributed by atoms with Crippen LogP contribution in [0.4, 0.5) is 0 Å². The molecule has 2 aromatic carbocycles. The van der Waals surface area contributed by atoms with Gasteiger partial charge in [0.2, 0.25) is 5.91 Å². The van der Waals surface area contributed by atoms with Crippen LogP contribution in [-0.2, 0) is 9.84 Å². The van der Waals surface area contributed by atoms with E-state index in [-0.39, 0.29) is 4.90 Å². The van der Waals surface area contributed by atoms with E-state index in [9.17, 15) is 13.2 Å². The molecule has 0 radical (unpaired) electrons. The third-order valence-electron chi connectivity index (χ3n) is 3.01. The number of primary amides is 1. The molecule has 1 amide bonds. The maximum absolute atomic E-state index is 11.3. The maximum Gasteiger partial charge on any atom is 0.248 e. The van der Waals surface area contributed by atoms with E-state index < -0.39 is 15.7 Å². The average Bonchev–Trinajstić information content (AvgIpc) is 2.51. The van der Waals surface area contributed by atoms with Crippen molar-refractivity contribution in [2.45, 2.75) is 4.90 Å². The van der Waals surface area contributed by atoms with E-state index in [1.807, 2.05) is 0 Å². The van der Waals surface area contributed by atoms with E-state index in [0.717, 1.165) is 6.26 Å². The van der Waals surface area contributed by atoms with Crippen LogP contribution in [0, 0.1) is 0 Å². The van der Waals surface area contributed by atoms with Gasteiger partial charge in [0, 0.05) is 11.8 Å². The fourth-order valence-corrected chi connectivity index (χ4v) is 2.45. The van der Waals surface area contributed by atoms with Crippen molar-refractivity contribution in [1.29, 1.82) is 0 Å². The highest BCUT2D eigenvalue weighted by Crippen LogP contribution is 2.16. The molecular formula is C16H17NO5S. The highest BCUT2D eigenvalue weighted by Gasteiger charge is 2.06. The van der Waals surface area contributed by atoms with Gasteiger partial charge in [0.05, 0.1) is 4.90 Å². The zero-order valence-corrected chi connectivity index (χ0v) is 13.4. The molecule has 2 N–H and O–H groups in total. The Kier molecular flexibility index (Phi) is 5.23. The molecule has 6 nitrogen and oxygen atoms in total. The Hall–Kier alpha value is -2.54. The van der Waals surface area contributed by atoms with E-state index in [2.05, 4.69) is 0 Å². The van der Waals surface area contributed by atoms with Crippen LogP contribution in [0.3, 0.4) is 0 Å². The molecule has 122 valence electrons. The van der Waals surface area contributed by atoms with Crippen LogP contribution >= 0.6 is 0 Å². The highest BCUT2D eigenvalue weighted by molar-refractivity contribution is 7.90. The standard InChI is InChI=1S/C16H17NO5S/c1-23(19,20)15-8-6-14(7-9-15)22-11-10-21-13-4-2-12(3-5-13)16(17)18/h2-9H,10-11H2,1H3,(H2,17,18). The molecule has 0 saturated heterocycles. The first-order chi connectivity index (χ1) is 10.9. The molecule has 0 aliphatic heterocycles. The lowest BCUT2D eigenvalue weighted by Crippen LogP contribution is -2.11. The first kappa shape index (κ1) is 16.8. The molecule has 0 aliphatic carbocycles. The molecule has 0 saturated carbocycles. The number of carbonyl (C=O) groups is 1. The molecule has 0 aliphatic rings. The summed E-state index contributed by atoms with van der Waals surface area (Å²) in [7, 11) is -3.20. The molecule has 0 atom stereocenters. The van der Waals surface area contributed by atoms with Crippen molar-refractivity contribution < 1.29 is 22.7 Å². The molecule has 2 rings (SSSR count). The summed E-state index contributed by atoms with van der Waals surface area (Å²) in [5.41, 5.74) is 5.57. The monoisotopic (exact) mass is 335 g/mol. The Labute approximate surface area is 134 Å². The number of amides is 1. The SMILES string of the molecule is CS(=O)(=O)c1ccc(OCCOc2ccc(C(N)=O)cc2)cc1. The number of benzene rings is 2. The topological polar surface area (TPSA) is 95.7 Å². The predicted molar refractivity (Wildman–Crippen MR) is 85.5 cm³/mol. The van der Waals surface area contributed by atoms with Crippen molar-refractivity contribution in [2.75, 3.05) is 19.5 Å². The van der Waals surface area contributed by atoms with Crippen LogP contribution in [0.2, 0.25) is 0 Å². The molecule has 0 aromatic heterocycles. The summed E-state index contributed by atoms with van der Waals surface area (Å²) in [5.74, 6) is 0.675. The summed E-state index contributed by atoms with van der Waals surface area (Å²) >= 11 is 0. The lowest BCUT2D eigenvalue weighted by Gasteiger charge is -2.09. The van der Waals surface area contributed by atoms with Crippen LogP contribution in [0.1, 0.15) is 10.4 Å². The average molecular weight is 335 g/mol. The number of rotatable bonds is 7. The summed E-state index contributed by atoms with van der Waals surface area (Å²) < 4.78 is 33.6. The summed E-state index contributed by atoms with van der Waals surface area (Å²) in [4.78, 5) is 11.2. The molecule has 0 spiro atoms. The molecule has 7 heteroatoms. The lowest BCUT2D eigenvalue weighted by atomic mass is 10.2. The maximum atomic E-state index is 11.3. The van der Waals surface area contributed by atoms with E-state index in [1.165, 1.54) is 12.1 Å². The van der Waals surface area contributed by atoms with Crippen LogP contribution in [0.15, 0.2) is 53.4 Å². The molecule has 0 heterocycles. The smallest absolute Gasteiger partial charge is 0.248 e. The summed E-state index contributed by atoms with van der Waals surface area (Å²) in [5, 5.41) is 0. The second-order valence-corrected chi connectivity index (χ2v) is 6.84. The third kappa shape index (κ3) is 5.00. The van der Waals surface area contributed by atoms with E-state index in [0.29, 0.717) is 30.3 Å². The van der Waals surface area contributed by atoms with Gasteiger partial charge in [-0.3, -0.25) is 4.79 Å². The normalized spacial score (nSPS) is 11.0. The number of hydrogen-bond donors (Lipinski definition) is 1. The van der Waals surface area contributed by atoms with Crippen molar-refractivity contribution >= 4 is 15.7 Å². The van der Waals surface area contributed by atoms with E-state index >= 15 is 0 Å². The quantitative estimate of drug-likeness (QED) is 0.776. The van der Waals surface area contributed by atoms with E-state index in [1.54, 1.807) is 36.4 Å². The minimum Gasteiger partial charge on any atom is -0.490 e. The Morgan fingerprint density at radius 3 is 1.74 bits per heavy atom. The van der Waals surface area contributed by atoms with Gasteiger partial charge in [0.1, 0.15) is 24.7 Å². The Morgan fingerprint density at radius 2 is 1.35 bits per heavy atom. The second kappa shape index (κ2) is 7.15. The first-order valence-corrected chi connectivity index (χ1v) is 8.71. The van der Waals surface area contributed by atoms with Crippen LogP contribution in [0.25, 0.3) is 0 Å². The van der Waals surface area contributed by atoms with Gasteiger partial charge in [-0.2, -0.15) is 0 Å². The van der Waals surface area contributed by atoms with Gasteiger partial charge in [-0.05, 0) is 48.5 Å². The number of nitrogens with two attached hydrogens (primary N) is 1. The lowest BCUT2D eigenvalue weighted by molar-refractivity contribution is 0.1000. The fourth-order valence-electron chi connectivity index (χ4n) is 1.82. The van der Waals surface area contributed by atoms with Gasteiger partial charge in [0.25, 0.3) is 0 Å². The Bertz CT molecular complexity index is 767. The number of sulfone groups is 1. The third-order valence-corrected chi connectivity index (χ3v) is 4.14. The summed E-state index contributed by atoms with van der Waals surface area (Å²) in [6.07, 6.45) is 1.15. The van der Waals surface area contributed by atoms with Gasteiger partial charge >= 0.3 is 0 Å². The van der Waals surface area contributed by atoms with Crippen molar-refractivity contribution in [3.63, 3.8) is 0 Å². The van der Waals surface area contributed by atoms with Crippen LogP contribution in [-0.4, -0.2) is 33.8 Å². The number of hydrogen-bond acceptors (Lipinski definition) is 5. The minimum atomic E-state index is -3.20. The van der Waals surface area contributed by atoms with Crippen LogP contribution < -0.4 is 15.2 Å². The van der Waals surface area contributed by atoms with Gasteiger partial charge in [-0.25, -0.2) is 8.42 Å². The number of ether oxygens (including phenoxy) is 2. The van der Waals surface area contributed by atoms with Crippen molar-refractivity contribution in [3.05, 3.63) is 54.1 Å². The molecule has 23 heavy (non-hydrogen) atoms. The van der Waals surface area contributed by atoms with E-state index in [4.69, 9.17) is 15.2 Å². The summed E-state index contributed by atoms with van der Waals surface area (Å²) in [6, 6.07) is 12.7. The number of carbonyl (C=O) groups excluding carboxylic acids is 1. The predicted octanol–water partition coefficient (Wildman–Crippen LogP) is 1.65. The zero-order valence-electron chi connectivity index (χ0n) is 12.6. The van der Waals surface area contributed by atoms with Crippen molar-refractivity contribution in [3.8, 4) is 11.5 Å². The summed E-state index contributed by atoms with van der Waals surface area (Å²) in [6.45, 7) is 0.611. The van der Waals surface area contributed by atoms with Crippen molar-refractivity contribution in [1.82, 2.24) is 0 Å². The van der Waals surface area contributed by atoms with Gasteiger partial charge in [0.15, 0.2) is 9.84 Å². The molecule has 0 unspecified atom stereocenters. The highest BCUT2D eigenvalue weighted by atomic mass is 32.2. The van der Waals surface area contributed by atoms with Gasteiger partial charge < -0.3 is 15.2 Å². The second-order valence-electron chi connectivity index (χ2n) is 4.83. The largest absolute Gasteiger partial charge is 0.490 e. The van der Waals surface area contributed by atoms with Gasteiger partial charge in [-0.15, -0.1) is 0 Å². The van der Waals surface area contributed by atoms with Crippen LogP contribution in [0.5, 0.6) is 11.5 Å². The molecule has 0 bridgehead atoms. The van der Waals surface area contributed by atoms with Gasteiger partial charge in [-0.1, -0.05) is 0 Å². The molecule has 2 aromatic rings.